The Kier molecular flexibility index (Phi) is 4.81. The second kappa shape index (κ2) is 7.67. The third-order valence-corrected chi connectivity index (χ3v) is 5.97. The molecule has 0 radical (unpaired) electrons. The molecule has 0 saturated heterocycles. The van der Waals surface area contributed by atoms with Crippen molar-refractivity contribution >= 4 is 17.2 Å². The molecule has 1 N–H and O–H groups in total. The smallest absolute Gasteiger partial charge is 0.282 e. The summed E-state index contributed by atoms with van der Waals surface area (Å²) in [7, 11) is 3.37. The van der Waals surface area contributed by atoms with Crippen LogP contribution < -0.4 is 15.2 Å². The lowest BCUT2D eigenvalue weighted by Gasteiger charge is -2.18. The van der Waals surface area contributed by atoms with Crippen LogP contribution in [0.15, 0.2) is 59.4 Å². The molecule has 2 aromatic heterocycles. The molecule has 5 rings (SSSR count). The van der Waals surface area contributed by atoms with Crippen molar-refractivity contribution in [1.29, 1.82) is 0 Å². The summed E-state index contributed by atoms with van der Waals surface area (Å²) in [5, 5.41) is 4.68. The molecule has 0 spiro atoms. The molecular formula is C25H24N4O3. The van der Waals surface area contributed by atoms with Gasteiger partial charge in [-0.25, -0.2) is 0 Å². The van der Waals surface area contributed by atoms with E-state index in [0.29, 0.717) is 28.3 Å². The SMILES string of the molecule is COc1ccc(-c2c(C)[nH]c3c(N(C)C(=O)C4CC4)c(-c4ccccc4)nn3c2=O)cc1. The van der Waals surface area contributed by atoms with Gasteiger partial charge in [-0.3, -0.25) is 9.59 Å². The van der Waals surface area contributed by atoms with Crippen molar-refractivity contribution in [2.45, 2.75) is 19.8 Å². The van der Waals surface area contributed by atoms with Crippen LogP contribution in [0.1, 0.15) is 18.5 Å². The fourth-order valence-corrected chi connectivity index (χ4v) is 4.10. The summed E-state index contributed by atoms with van der Waals surface area (Å²) in [6.07, 6.45) is 1.81. The number of nitrogens with zero attached hydrogens (tertiary/aromatic N) is 3. The minimum atomic E-state index is -0.239. The van der Waals surface area contributed by atoms with Crippen LogP contribution in [0.2, 0.25) is 0 Å². The zero-order valence-electron chi connectivity index (χ0n) is 18.3. The Hall–Kier alpha value is -3.87. The Morgan fingerprint density at radius 3 is 2.41 bits per heavy atom. The van der Waals surface area contributed by atoms with E-state index in [1.807, 2.05) is 61.5 Å². The summed E-state index contributed by atoms with van der Waals surface area (Å²) in [5.41, 5.74) is 4.35. The van der Waals surface area contributed by atoms with Gasteiger partial charge in [-0.2, -0.15) is 9.61 Å². The standard InChI is InChI=1S/C25H24N4O3/c1-15-20(16-11-13-19(32-3)14-12-16)25(31)29-23(26-15)22(28(2)24(30)18-9-10-18)21(27-29)17-7-5-4-6-8-17/h4-8,11-14,18,26H,9-10H2,1-3H3. The highest BCUT2D eigenvalue weighted by atomic mass is 16.5. The first kappa shape index (κ1) is 20.1. The van der Waals surface area contributed by atoms with Crippen molar-refractivity contribution in [2.24, 2.45) is 5.92 Å². The van der Waals surface area contributed by atoms with Crippen LogP contribution in [0.4, 0.5) is 5.69 Å². The molecule has 1 fully saturated rings. The normalized spacial score (nSPS) is 13.3. The molecule has 1 aliphatic rings. The quantitative estimate of drug-likeness (QED) is 0.520. The third-order valence-electron chi connectivity index (χ3n) is 5.97. The summed E-state index contributed by atoms with van der Waals surface area (Å²) in [6.45, 7) is 1.86. The maximum absolute atomic E-state index is 13.6. The summed E-state index contributed by atoms with van der Waals surface area (Å²) >= 11 is 0. The van der Waals surface area contributed by atoms with Gasteiger partial charge in [0.1, 0.15) is 17.1 Å². The minimum absolute atomic E-state index is 0.0463. The summed E-state index contributed by atoms with van der Waals surface area (Å²) in [5.74, 6) is 0.816. The molecule has 7 nitrogen and oxygen atoms in total. The number of benzene rings is 2. The van der Waals surface area contributed by atoms with Crippen LogP contribution in [0.5, 0.6) is 5.75 Å². The average molecular weight is 428 g/mol. The van der Waals surface area contributed by atoms with Crippen molar-refractivity contribution in [1.82, 2.24) is 14.6 Å². The van der Waals surface area contributed by atoms with Gasteiger partial charge in [0.25, 0.3) is 5.56 Å². The van der Waals surface area contributed by atoms with Crippen LogP contribution in [0.3, 0.4) is 0 Å². The van der Waals surface area contributed by atoms with Crippen molar-refractivity contribution in [2.75, 3.05) is 19.1 Å². The number of fused-ring (bicyclic) bond motifs is 1. The van der Waals surface area contributed by atoms with E-state index in [-0.39, 0.29) is 17.4 Å². The zero-order valence-corrected chi connectivity index (χ0v) is 18.3. The number of aromatic amines is 1. The number of amides is 1. The zero-order chi connectivity index (χ0) is 22.4. The third kappa shape index (κ3) is 3.26. The number of anilines is 1. The predicted octanol–water partition coefficient (Wildman–Crippen LogP) is 4.05. The number of aryl methyl sites for hydroxylation is 1. The van der Waals surface area contributed by atoms with Gasteiger partial charge in [0, 0.05) is 24.2 Å². The number of hydrogen-bond donors (Lipinski definition) is 1. The number of aromatic nitrogens is 3. The first-order valence-electron chi connectivity index (χ1n) is 10.6. The van der Waals surface area contributed by atoms with Crippen LogP contribution in [0, 0.1) is 12.8 Å². The second-order valence-electron chi connectivity index (χ2n) is 8.15. The Morgan fingerprint density at radius 1 is 1.09 bits per heavy atom. The van der Waals surface area contributed by atoms with Gasteiger partial charge in [0.2, 0.25) is 5.91 Å². The molecule has 2 aromatic carbocycles. The first-order chi connectivity index (χ1) is 15.5. The van der Waals surface area contributed by atoms with Crippen molar-refractivity contribution < 1.29 is 9.53 Å². The molecule has 4 aromatic rings. The van der Waals surface area contributed by atoms with E-state index in [1.165, 1.54) is 4.52 Å². The van der Waals surface area contributed by atoms with Crippen molar-refractivity contribution in [3.63, 3.8) is 0 Å². The largest absolute Gasteiger partial charge is 0.497 e. The number of H-pyrrole nitrogens is 1. The lowest BCUT2D eigenvalue weighted by molar-refractivity contribution is -0.119. The highest BCUT2D eigenvalue weighted by Gasteiger charge is 2.35. The fraction of sp³-hybridized carbons (Fsp3) is 0.240. The molecule has 0 atom stereocenters. The molecule has 162 valence electrons. The molecule has 1 aliphatic carbocycles. The van der Waals surface area contributed by atoms with E-state index >= 15 is 0 Å². The molecule has 32 heavy (non-hydrogen) atoms. The number of carbonyl (C=O) groups excluding carboxylic acids is 1. The molecule has 1 saturated carbocycles. The predicted molar refractivity (Wildman–Crippen MR) is 124 cm³/mol. The van der Waals surface area contributed by atoms with Crippen LogP contribution >= 0.6 is 0 Å². The lowest BCUT2D eigenvalue weighted by atomic mass is 10.1. The average Bonchev–Trinajstić information content (AvgIpc) is 3.60. The van der Waals surface area contributed by atoms with E-state index in [9.17, 15) is 9.59 Å². The van der Waals surface area contributed by atoms with Gasteiger partial charge in [-0.1, -0.05) is 42.5 Å². The lowest BCUT2D eigenvalue weighted by Crippen LogP contribution is -2.28. The number of rotatable bonds is 5. The molecule has 0 aliphatic heterocycles. The molecule has 2 heterocycles. The Bertz CT molecular complexity index is 1370. The first-order valence-corrected chi connectivity index (χ1v) is 10.6. The number of hydrogen-bond acceptors (Lipinski definition) is 4. The minimum Gasteiger partial charge on any atom is -0.497 e. The molecule has 1 amide bonds. The monoisotopic (exact) mass is 428 g/mol. The number of ether oxygens (including phenoxy) is 1. The summed E-state index contributed by atoms with van der Waals surface area (Å²) in [4.78, 5) is 31.5. The molecular weight excluding hydrogens is 404 g/mol. The van der Waals surface area contributed by atoms with Crippen molar-refractivity contribution in [3.8, 4) is 28.1 Å². The van der Waals surface area contributed by atoms with Crippen molar-refractivity contribution in [3.05, 3.63) is 70.6 Å². The fourth-order valence-electron chi connectivity index (χ4n) is 4.10. The maximum atomic E-state index is 13.6. The number of carbonyl (C=O) groups is 1. The van der Waals surface area contributed by atoms with E-state index < -0.39 is 0 Å². The number of methoxy groups -OCH3 is 1. The molecule has 7 heteroatoms. The topological polar surface area (TPSA) is 79.7 Å². The molecule has 0 bridgehead atoms. The Labute approximate surface area is 185 Å². The van der Waals surface area contributed by atoms with Gasteiger partial charge in [0.05, 0.1) is 12.7 Å². The van der Waals surface area contributed by atoms with E-state index in [1.54, 1.807) is 19.1 Å². The van der Waals surface area contributed by atoms with Gasteiger partial charge < -0.3 is 14.6 Å². The van der Waals surface area contributed by atoms with Crippen LogP contribution in [-0.2, 0) is 4.79 Å². The van der Waals surface area contributed by atoms with Crippen LogP contribution in [-0.4, -0.2) is 34.7 Å². The van der Waals surface area contributed by atoms with Gasteiger partial charge in [-0.15, -0.1) is 0 Å². The highest BCUT2D eigenvalue weighted by molar-refractivity contribution is 6.03. The van der Waals surface area contributed by atoms with E-state index in [4.69, 9.17) is 4.74 Å². The second-order valence-corrected chi connectivity index (χ2v) is 8.15. The Morgan fingerprint density at radius 2 is 1.78 bits per heavy atom. The molecule has 0 unspecified atom stereocenters. The van der Waals surface area contributed by atoms with E-state index in [2.05, 4.69) is 10.1 Å². The number of nitrogens with one attached hydrogen (secondary N) is 1. The maximum Gasteiger partial charge on any atom is 0.282 e. The summed E-state index contributed by atoms with van der Waals surface area (Å²) in [6, 6.07) is 17.0. The van der Waals surface area contributed by atoms with Crippen LogP contribution in [0.25, 0.3) is 28.0 Å². The van der Waals surface area contributed by atoms with Gasteiger partial charge in [0.15, 0.2) is 5.65 Å². The Balaban J connectivity index is 1.75. The van der Waals surface area contributed by atoms with Gasteiger partial charge >= 0.3 is 0 Å². The van der Waals surface area contributed by atoms with Gasteiger partial charge in [-0.05, 0) is 37.5 Å². The highest BCUT2D eigenvalue weighted by Crippen LogP contribution is 2.37. The summed E-state index contributed by atoms with van der Waals surface area (Å²) < 4.78 is 6.61. The van der Waals surface area contributed by atoms with E-state index in [0.717, 1.165) is 29.7 Å².